The minimum Gasteiger partial charge on any atom is -0.487 e. The maximum absolute atomic E-state index is 11.8. The summed E-state index contributed by atoms with van der Waals surface area (Å²) < 4.78 is 29.3. The number of pyridine rings is 1. The fourth-order valence-electron chi connectivity index (χ4n) is 3.57. The maximum Gasteiger partial charge on any atom is 0.407 e. The predicted molar refractivity (Wildman–Crippen MR) is 103 cm³/mol. The topological polar surface area (TPSA) is 96.8 Å². The molecule has 1 aromatic carbocycles. The van der Waals surface area contributed by atoms with Gasteiger partial charge >= 0.3 is 6.09 Å². The van der Waals surface area contributed by atoms with Crippen LogP contribution in [0.1, 0.15) is 35.6 Å². The predicted octanol–water partition coefficient (Wildman–Crippen LogP) is 3.28. The number of carbonyl (C=O) groups is 1. The summed E-state index contributed by atoms with van der Waals surface area (Å²) in [7, 11) is -3.30. The number of benzene rings is 1. The summed E-state index contributed by atoms with van der Waals surface area (Å²) in [5.74, 6) is 0.913. The molecule has 7 nitrogen and oxygen atoms in total. The molecule has 0 atom stereocenters. The largest absolute Gasteiger partial charge is 0.487 e. The third-order valence-corrected chi connectivity index (χ3v) is 6.66. The zero-order valence-corrected chi connectivity index (χ0v) is 15.9. The average molecular weight is 400 g/mol. The molecule has 3 heterocycles. The van der Waals surface area contributed by atoms with Crippen molar-refractivity contribution in [2.24, 2.45) is 0 Å². The summed E-state index contributed by atoms with van der Waals surface area (Å²) in [5.41, 5.74) is 2.52. The zero-order chi connectivity index (χ0) is 19.7. The summed E-state index contributed by atoms with van der Waals surface area (Å²) in [6, 6.07) is 8.84. The molecule has 146 valence electrons. The fraction of sp³-hybridized carbons (Fsp3) is 0.300. The number of ether oxygens (including phenoxy) is 1. The van der Waals surface area contributed by atoms with Crippen LogP contribution >= 0.6 is 0 Å². The van der Waals surface area contributed by atoms with E-state index in [1.165, 1.54) is 10.3 Å². The van der Waals surface area contributed by atoms with Crippen molar-refractivity contribution in [3.63, 3.8) is 0 Å². The van der Waals surface area contributed by atoms with Gasteiger partial charge in [0.15, 0.2) is 9.84 Å². The van der Waals surface area contributed by atoms with Crippen LogP contribution in [0.2, 0.25) is 0 Å². The molecular weight excluding hydrogens is 380 g/mol. The van der Waals surface area contributed by atoms with Gasteiger partial charge in [0.05, 0.1) is 10.6 Å². The van der Waals surface area contributed by atoms with E-state index in [0.717, 1.165) is 24.1 Å². The Bertz CT molecular complexity index is 1020. The Hall–Kier alpha value is -2.87. The summed E-state index contributed by atoms with van der Waals surface area (Å²) in [6.07, 6.45) is 4.15. The van der Waals surface area contributed by atoms with E-state index < -0.39 is 15.9 Å². The van der Waals surface area contributed by atoms with Gasteiger partial charge in [-0.15, -0.1) is 0 Å². The third-order valence-electron chi connectivity index (χ3n) is 5.19. The van der Waals surface area contributed by atoms with Gasteiger partial charge in [-0.3, -0.25) is 4.98 Å². The number of hydrogen-bond donors (Lipinski definition) is 1. The smallest absolute Gasteiger partial charge is 0.407 e. The SMILES string of the molecule is O=C(O)N1CCC(c2ccc(COc3ccc4c(c3)C=CS4(=O)=O)nc2)CC1. The molecule has 2 aromatic rings. The Kier molecular flexibility index (Phi) is 4.80. The molecule has 28 heavy (non-hydrogen) atoms. The van der Waals surface area contributed by atoms with E-state index in [2.05, 4.69) is 4.98 Å². The van der Waals surface area contributed by atoms with Gasteiger partial charge in [0.25, 0.3) is 0 Å². The van der Waals surface area contributed by atoms with Gasteiger partial charge in [0, 0.05) is 24.7 Å². The first-order valence-electron chi connectivity index (χ1n) is 9.05. The molecule has 0 bridgehead atoms. The quantitative estimate of drug-likeness (QED) is 0.846. The number of likely N-dealkylation sites (tertiary alicyclic amines) is 1. The lowest BCUT2D eigenvalue weighted by atomic mass is 9.90. The first kappa shape index (κ1) is 18.5. The third kappa shape index (κ3) is 3.73. The number of rotatable bonds is 4. The van der Waals surface area contributed by atoms with Crippen LogP contribution in [-0.4, -0.2) is 42.6 Å². The summed E-state index contributed by atoms with van der Waals surface area (Å²) >= 11 is 0. The van der Waals surface area contributed by atoms with Gasteiger partial charge in [-0.1, -0.05) is 6.07 Å². The van der Waals surface area contributed by atoms with Gasteiger partial charge in [0.2, 0.25) is 0 Å². The number of amides is 1. The number of hydrogen-bond acceptors (Lipinski definition) is 5. The first-order chi connectivity index (χ1) is 13.4. The highest BCUT2D eigenvalue weighted by Crippen LogP contribution is 2.30. The molecule has 0 spiro atoms. The molecule has 0 radical (unpaired) electrons. The van der Waals surface area contributed by atoms with Crippen LogP contribution in [0.15, 0.2) is 46.8 Å². The number of nitrogens with zero attached hydrogens (tertiary/aromatic N) is 2. The number of carboxylic acid groups (broad SMARTS) is 1. The van der Waals surface area contributed by atoms with Crippen LogP contribution in [0.3, 0.4) is 0 Å². The summed E-state index contributed by atoms with van der Waals surface area (Å²) in [4.78, 5) is 17.2. The lowest BCUT2D eigenvalue weighted by Crippen LogP contribution is -2.36. The van der Waals surface area contributed by atoms with Gasteiger partial charge < -0.3 is 14.7 Å². The van der Waals surface area contributed by atoms with Crippen LogP contribution in [0.25, 0.3) is 6.08 Å². The monoisotopic (exact) mass is 400 g/mol. The van der Waals surface area contributed by atoms with Gasteiger partial charge in [0.1, 0.15) is 12.4 Å². The van der Waals surface area contributed by atoms with Crippen molar-refractivity contribution < 1.29 is 23.1 Å². The van der Waals surface area contributed by atoms with Gasteiger partial charge in [-0.05, 0) is 60.2 Å². The fourth-order valence-corrected chi connectivity index (χ4v) is 4.75. The lowest BCUT2D eigenvalue weighted by Gasteiger charge is -2.30. The lowest BCUT2D eigenvalue weighted by molar-refractivity contribution is 0.132. The molecule has 2 aliphatic rings. The van der Waals surface area contributed by atoms with Gasteiger partial charge in [-0.2, -0.15) is 0 Å². The van der Waals surface area contributed by atoms with Crippen molar-refractivity contribution in [1.29, 1.82) is 0 Å². The molecule has 0 unspecified atom stereocenters. The second kappa shape index (κ2) is 7.27. The van der Waals surface area contributed by atoms with E-state index in [0.29, 0.717) is 35.2 Å². The average Bonchev–Trinajstić information content (AvgIpc) is 3.01. The van der Waals surface area contributed by atoms with Crippen molar-refractivity contribution in [2.45, 2.75) is 30.3 Å². The number of fused-ring (bicyclic) bond motifs is 1. The maximum atomic E-state index is 11.8. The molecule has 1 amide bonds. The van der Waals surface area contributed by atoms with Crippen LogP contribution in [-0.2, 0) is 16.4 Å². The number of aromatic nitrogens is 1. The van der Waals surface area contributed by atoms with Crippen LogP contribution in [0.4, 0.5) is 4.79 Å². The molecule has 1 N–H and O–H groups in total. The highest BCUT2D eigenvalue weighted by Gasteiger charge is 2.23. The Morgan fingerprint density at radius 3 is 2.68 bits per heavy atom. The van der Waals surface area contributed by atoms with E-state index >= 15 is 0 Å². The van der Waals surface area contributed by atoms with Crippen molar-refractivity contribution in [3.8, 4) is 5.75 Å². The van der Waals surface area contributed by atoms with Crippen LogP contribution < -0.4 is 4.74 Å². The molecule has 0 aliphatic carbocycles. The molecule has 1 fully saturated rings. The number of sulfone groups is 1. The Balaban J connectivity index is 1.36. The molecule has 1 aromatic heterocycles. The van der Waals surface area contributed by atoms with Crippen molar-refractivity contribution in [1.82, 2.24) is 9.88 Å². The van der Waals surface area contributed by atoms with E-state index in [-0.39, 0.29) is 6.61 Å². The molecule has 4 rings (SSSR count). The van der Waals surface area contributed by atoms with E-state index in [9.17, 15) is 13.2 Å². The zero-order valence-electron chi connectivity index (χ0n) is 15.1. The molecular formula is C20H20N2O5S. The second-order valence-corrected chi connectivity index (χ2v) is 8.76. The van der Waals surface area contributed by atoms with Gasteiger partial charge in [-0.25, -0.2) is 13.2 Å². The van der Waals surface area contributed by atoms with Crippen molar-refractivity contribution >= 4 is 22.0 Å². The van der Waals surface area contributed by atoms with Crippen LogP contribution in [0.5, 0.6) is 5.75 Å². The van der Waals surface area contributed by atoms with E-state index in [1.54, 1.807) is 24.3 Å². The van der Waals surface area contributed by atoms with Crippen LogP contribution in [0, 0.1) is 0 Å². The standard InChI is InChI=1S/C20H20N2O5S/c23-20(24)22-8-5-14(6-9-22)16-1-2-17(21-12-16)13-27-18-3-4-19-15(11-18)7-10-28(19,25)26/h1-4,7,10-12,14H,5-6,8-9,13H2,(H,23,24). The minimum absolute atomic E-state index is 0.285. The molecule has 0 saturated carbocycles. The Morgan fingerprint density at radius 1 is 1.21 bits per heavy atom. The summed E-state index contributed by atoms with van der Waals surface area (Å²) in [6.45, 7) is 1.38. The Labute approximate surface area is 163 Å². The highest BCUT2D eigenvalue weighted by molar-refractivity contribution is 7.94. The minimum atomic E-state index is -3.30. The highest BCUT2D eigenvalue weighted by atomic mass is 32.2. The van der Waals surface area contributed by atoms with E-state index in [1.807, 2.05) is 18.3 Å². The first-order valence-corrected chi connectivity index (χ1v) is 10.6. The normalized spacial score (nSPS) is 18.1. The van der Waals surface area contributed by atoms with E-state index in [4.69, 9.17) is 9.84 Å². The van der Waals surface area contributed by atoms with Crippen molar-refractivity contribution in [2.75, 3.05) is 13.1 Å². The Morgan fingerprint density at radius 2 is 2.00 bits per heavy atom. The van der Waals surface area contributed by atoms with Crippen molar-refractivity contribution in [3.05, 3.63) is 58.8 Å². The molecule has 8 heteroatoms. The number of piperidine rings is 1. The second-order valence-electron chi connectivity index (χ2n) is 6.96. The molecule has 1 saturated heterocycles. The summed E-state index contributed by atoms with van der Waals surface area (Å²) in [5, 5.41) is 10.2. The molecule has 2 aliphatic heterocycles.